The second-order valence-electron chi connectivity index (χ2n) is 9.41. The number of fused-ring (bicyclic) bond motifs is 1. The van der Waals surface area contributed by atoms with E-state index < -0.39 is 5.91 Å². The van der Waals surface area contributed by atoms with Gasteiger partial charge in [0.15, 0.2) is 6.23 Å². The van der Waals surface area contributed by atoms with Crippen LogP contribution < -0.4 is 5.73 Å². The highest BCUT2D eigenvalue weighted by atomic mass is 16.6. The number of primary amides is 1. The predicted octanol–water partition coefficient (Wildman–Crippen LogP) is 3.84. The highest BCUT2D eigenvalue weighted by Gasteiger charge is 2.51. The molecule has 1 saturated carbocycles. The van der Waals surface area contributed by atoms with Gasteiger partial charge in [-0.1, -0.05) is 63.4 Å². The lowest BCUT2D eigenvalue weighted by Crippen LogP contribution is -2.27. The van der Waals surface area contributed by atoms with Crippen LogP contribution in [0.25, 0.3) is 0 Å². The third kappa shape index (κ3) is 5.27. The van der Waals surface area contributed by atoms with E-state index in [4.69, 9.17) is 15.2 Å². The number of hydrogen-bond acceptors (Lipinski definition) is 6. The van der Waals surface area contributed by atoms with Crippen LogP contribution in [0.4, 0.5) is 0 Å². The van der Waals surface area contributed by atoms with E-state index in [9.17, 15) is 9.59 Å². The van der Waals surface area contributed by atoms with Gasteiger partial charge < -0.3 is 15.2 Å². The highest BCUT2D eigenvalue weighted by Crippen LogP contribution is 2.54. The summed E-state index contributed by atoms with van der Waals surface area (Å²) in [5.74, 6) is -0.156. The van der Waals surface area contributed by atoms with Gasteiger partial charge in [0, 0.05) is 5.92 Å². The molecule has 0 bridgehead atoms. The first-order chi connectivity index (χ1) is 16.0. The van der Waals surface area contributed by atoms with E-state index in [1.165, 1.54) is 11.9 Å². The minimum absolute atomic E-state index is 0.0245. The van der Waals surface area contributed by atoms with Crippen LogP contribution in [0.5, 0.6) is 0 Å². The average molecular weight is 455 g/mol. The molecule has 1 aromatic heterocycles. The summed E-state index contributed by atoms with van der Waals surface area (Å²) in [4.78, 5) is 28.0. The van der Waals surface area contributed by atoms with Crippen LogP contribution in [0.2, 0.25) is 0 Å². The van der Waals surface area contributed by atoms with Crippen LogP contribution >= 0.6 is 0 Å². The summed E-state index contributed by atoms with van der Waals surface area (Å²) >= 11 is 0. The molecule has 2 N–H and O–H groups in total. The molecule has 4 rings (SSSR count). The molecule has 0 radical (unpaired) electrons. The molecule has 2 heterocycles. The van der Waals surface area contributed by atoms with E-state index in [1.54, 1.807) is 4.68 Å². The number of amides is 1. The molecule has 3 unspecified atom stereocenters. The van der Waals surface area contributed by atoms with Crippen LogP contribution in [0.1, 0.15) is 80.7 Å². The van der Waals surface area contributed by atoms with Gasteiger partial charge in [-0.2, -0.15) is 0 Å². The summed E-state index contributed by atoms with van der Waals surface area (Å²) in [5, 5.41) is 4.25. The monoisotopic (exact) mass is 454 g/mol. The van der Waals surface area contributed by atoms with Crippen molar-refractivity contribution in [2.24, 2.45) is 23.5 Å². The van der Waals surface area contributed by atoms with Crippen molar-refractivity contribution < 1.29 is 19.1 Å². The SMILES string of the molecule is CCCCC[C@H](C)C(=O)OCC1O[C@@H](n2cnc(C(N)=O)n2)[C@@H]2CC(c3ccccc3)CC12. The maximum absolute atomic E-state index is 12.5. The molecule has 2 aliphatic rings. The molecule has 0 spiro atoms. The Morgan fingerprint density at radius 1 is 1.21 bits per heavy atom. The van der Waals surface area contributed by atoms with Gasteiger partial charge in [0.05, 0.1) is 12.0 Å². The van der Waals surface area contributed by atoms with Gasteiger partial charge in [0.25, 0.3) is 5.91 Å². The van der Waals surface area contributed by atoms with Crippen molar-refractivity contribution in [2.45, 2.75) is 70.6 Å². The number of carbonyl (C=O) groups excluding carboxylic acids is 2. The summed E-state index contributed by atoms with van der Waals surface area (Å²) in [7, 11) is 0. The van der Waals surface area contributed by atoms with Gasteiger partial charge in [-0.25, -0.2) is 9.67 Å². The fraction of sp³-hybridized carbons (Fsp3) is 0.600. The van der Waals surface area contributed by atoms with E-state index in [-0.39, 0.29) is 48.5 Å². The number of aromatic nitrogens is 3. The van der Waals surface area contributed by atoms with Gasteiger partial charge in [0.1, 0.15) is 12.9 Å². The third-order valence-electron chi connectivity index (χ3n) is 7.11. The molecule has 1 aliphatic carbocycles. The van der Waals surface area contributed by atoms with Crippen molar-refractivity contribution in [3.63, 3.8) is 0 Å². The van der Waals surface area contributed by atoms with Crippen molar-refractivity contribution in [1.82, 2.24) is 14.8 Å². The number of hydrogen-bond donors (Lipinski definition) is 1. The molecular formula is C25H34N4O4. The topological polar surface area (TPSA) is 109 Å². The van der Waals surface area contributed by atoms with Crippen LogP contribution in [0, 0.1) is 17.8 Å². The Bertz CT molecular complexity index is 947. The lowest BCUT2D eigenvalue weighted by atomic mass is 9.93. The van der Waals surface area contributed by atoms with Crippen LogP contribution in [-0.2, 0) is 14.3 Å². The van der Waals surface area contributed by atoms with Crippen molar-refractivity contribution in [3.05, 3.63) is 48.0 Å². The second kappa shape index (κ2) is 10.5. The van der Waals surface area contributed by atoms with Gasteiger partial charge >= 0.3 is 5.97 Å². The standard InChI is InChI=1S/C25H34N4O4/c1-3-4-6-9-16(2)25(31)32-14-21-19-12-18(17-10-7-5-8-11-17)13-20(19)24(33-21)29-15-27-23(28-29)22(26)30/h5,7-8,10-11,15-16,18-21,24H,3-4,6,9,12-14H2,1-2H3,(H2,26,30)/t16-,18?,19?,20+,21?,24+/m0/s1. The number of nitrogens with zero attached hydrogens (tertiary/aromatic N) is 3. The average Bonchev–Trinajstić information content (AvgIpc) is 3.54. The first-order valence-electron chi connectivity index (χ1n) is 12.1. The first-order valence-corrected chi connectivity index (χ1v) is 12.1. The van der Waals surface area contributed by atoms with Crippen molar-refractivity contribution in [1.29, 1.82) is 0 Å². The Balaban J connectivity index is 1.46. The molecule has 8 nitrogen and oxygen atoms in total. The van der Waals surface area contributed by atoms with Crippen LogP contribution in [0.3, 0.4) is 0 Å². The number of nitrogens with two attached hydrogens (primary N) is 1. The summed E-state index contributed by atoms with van der Waals surface area (Å²) in [6.45, 7) is 4.31. The van der Waals surface area contributed by atoms with Crippen LogP contribution in [0.15, 0.2) is 36.7 Å². The predicted molar refractivity (Wildman–Crippen MR) is 122 cm³/mol. The number of esters is 1. The molecule has 1 saturated heterocycles. The van der Waals surface area contributed by atoms with Gasteiger partial charge in [-0.15, -0.1) is 5.10 Å². The van der Waals surface area contributed by atoms with E-state index in [0.717, 1.165) is 38.5 Å². The number of benzene rings is 1. The van der Waals surface area contributed by atoms with Crippen molar-refractivity contribution in [3.8, 4) is 0 Å². The molecule has 1 amide bonds. The summed E-state index contributed by atoms with van der Waals surface area (Å²) in [5.41, 5.74) is 6.64. The number of rotatable bonds is 10. The highest BCUT2D eigenvalue weighted by molar-refractivity contribution is 5.88. The smallest absolute Gasteiger partial charge is 0.308 e. The minimum atomic E-state index is -0.667. The molecule has 2 fully saturated rings. The third-order valence-corrected chi connectivity index (χ3v) is 7.11. The minimum Gasteiger partial charge on any atom is -0.463 e. The van der Waals surface area contributed by atoms with Crippen molar-refractivity contribution in [2.75, 3.05) is 6.61 Å². The van der Waals surface area contributed by atoms with E-state index in [2.05, 4.69) is 41.3 Å². The van der Waals surface area contributed by atoms with Gasteiger partial charge in [-0.3, -0.25) is 9.59 Å². The second-order valence-corrected chi connectivity index (χ2v) is 9.41. The number of unbranched alkanes of at least 4 members (excludes halogenated alkanes) is 2. The lowest BCUT2D eigenvalue weighted by Gasteiger charge is -2.21. The normalized spacial score (nSPS) is 27.3. The summed E-state index contributed by atoms with van der Waals surface area (Å²) in [6, 6.07) is 10.5. The molecule has 6 atom stereocenters. The molecule has 178 valence electrons. The molecule has 33 heavy (non-hydrogen) atoms. The quantitative estimate of drug-likeness (QED) is 0.431. The largest absolute Gasteiger partial charge is 0.463 e. The Morgan fingerprint density at radius 2 is 1.97 bits per heavy atom. The lowest BCUT2D eigenvalue weighted by molar-refractivity contribution is -0.154. The maximum Gasteiger partial charge on any atom is 0.308 e. The molecule has 1 aromatic carbocycles. The summed E-state index contributed by atoms with van der Waals surface area (Å²) < 4.78 is 13.7. The molecular weight excluding hydrogens is 420 g/mol. The Hall–Kier alpha value is -2.74. The van der Waals surface area contributed by atoms with Gasteiger partial charge in [0.2, 0.25) is 5.82 Å². The fourth-order valence-electron chi connectivity index (χ4n) is 5.29. The zero-order valence-electron chi connectivity index (χ0n) is 19.4. The van der Waals surface area contributed by atoms with Crippen molar-refractivity contribution >= 4 is 11.9 Å². The number of carbonyl (C=O) groups is 2. The van der Waals surface area contributed by atoms with E-state index in [0.29, 0.717) is 5.92 Å². The Morgan fingerprint density at radius 3 is 2.67 bits per heavy atom. The number of ether oxygens (including phenoxy) is 2. The van der Waals surface area contributed by atoms with Crippen LogP contribution in [-0.4, -0.2) is 39.4 Å². The van der Waals surface area contributed by atoms with Gasteiger partial charge in [-0.05, 0) is 36.7 Å². The molecule has 8 heteroatoms. The molecule has 2 aromatic rings. The van der Waals surface area contributed by atoms with E-state index >= 15 is 0 Å². The zero-order valence-corrected chi connectivity index (χ0v) is 19.4. The molecule has 1 aliphatic heterocycles. The van der Waals surface area contributed by atoms with E-state index in [1.807, 2.05) is 13.0 Å². The Kier molecular flexibility index (Phi) is 7.42. The maximum atomic E-state index is 12.5. The fourth-order valence-corrected chi connectivity index (χ4v) is 5.29. The first kappa shape index (κ1) is 23.4. The summed E-state index contributed by atoms with van der Waals surface area (Å²) in [6.07, 6.45) is 6.94. The zero-order chi connectivity index (χ0) is 23.4. The Labute approximate surface area is 194 Å².